The molecule has 0 radical (unpaired) electrons. The molecule has 0 amide bonds. The number of nitrogens with zero attached hydrogens (tertiary/aromatic N) is 1. The van der Waals surface area contributed by atoms with Gasteiger partial charge < -0.3 is 4.98 Å². The highest BCUT2D eigenvalue weighted by atomic mass is 19.1. The Morgan fingerprint density at radius 2 is 1.68 bits per heavy atom. The zero-order valence-corrected chi connectivity index (χ0v) is 13.1. The second-order valence-electron chi connectivity index (χ2n) is 5.80. The number of hydrogen-bond acceptors (Lipinski definition) is 2. The first-order valence-corrected chi connectivity index (χ1v) is 7.78. The van der Waals surface area contributed by atoms with Crippen LogP contribution >= 0.6 is 0 Å². The fourth-order valence-electron chi connectivity index (χ4n) is 2.87. The molecule has 0 saturated carbocycles. The molecule has 4 aromatic rings. The second-order valence-corrected chi connectivity index (χ2v) is 5.80. The highest BCUT2D eigenvalue weighted by Gasteiger charge is 2.13. The molecule has 0 bridgehead atoms. The van der Waals surface area contributed by atoms with Crippen molar-refractivity contribution in [3.8, 4) is 5.69 Å². The molecule has 0 fully saturated rings. The normalized spacial score (nSPS) is 11.1. The van der Waals surface area contributed by atoms with E-state index in [0.29, 0.717) is 23.4 Å². The molecule has 2 N–H and O–H groups in total. The Morgan fingerprint density at radius 3 is 2.40 bits per heavy atom. The van der Waals surface area contributed by atoms with Gasteiger partial charge in [-0.3, -0.25) is 14.7 Å². The van der Waals surface area contributed by atoms with Gasteiger partial charge in [-0.25, -0.2) is 9.07 Å². The minimum absolute atomic E-state index is 0.0566. The van der Waals surface area contributed by atoms with E-state index < -0.39 is 11.4 Å². The molecule has 2 aromatic heterocycles. The first-order chi connectivity index (χ1) is 12.1. The van der Waals surface area contributed by atoms with E-state index in [1.165, 1.54) is 35.0 Å². The molecular weight excluding hydrogens is 321 g/mol. The van der Waals surface area contributed by atoms with Gasteiger partial charge >= 0.3 is 0 Å². The summed E-state index contributed by atoms with van der Waals surface area (Å²) in [7, 11) is 0. The predicted octanol–water partition coefficient (Wildman–Crippen LogP) is 2.74. The summed E-state index contributed by atoms with van der Waals surface area (Å²) in [6.07, 6.45) is 0.551. The van der Waals surface area contributed by atoms with Crippen LogP contribution in [0, 0.1) is 5.82 Å². The van der Waals surface area contributed by atoms with Gasteiger partial charge in [-0.05, 0) is 29.8 Å². The largest absolute Gasteiger partial charge is 0.343 e. The van der Waals surface area contributed by atoms with Crippen LogP contribution in [0.25, 0.3) is 16.7 Å². The number of hydrogen-bond donors (Lipinski definition) is 2. The Morgan fingerprint density at radius 1 is 0.960 bits per heavy atom. The molecule has 0 aliphatic carbocycles. The Bertz CT molecular complexity index is 1160. The summed E-state index contributed by atoms with van der Waals surface area (Å²) in [5.74, 6) is -0.394. The van der Waals surface area contributed by atoms with E-state index in [9.17, 15) is 14.0 Å². The third kappa shape index (κ3) is 2.78. The standard InChI is InChI=1S/C19H14FN3O2/c20-13-6-8-15(9-7-13)23-19(25)17-16(24)11-14(21-18(17)22-23)10-12-4-2-1-3-5-12/h1-9,11H,10H2,(H2,21,22,24). The van der Waals surface area contributed by atoms with Gasteiger partial charge in [-0.1, -0.05) is 30.3 Å². The number of rotatable bonds is 3. The predicted molar refractivity (Wildman–Crippen MR) is 93.7 cm³/mol. The van der Waals surface area contributed by atoms with Crippen LogP contribution in [0.15, 0.2) is 70.3 Å². The number of aromatic amines is 2. The van der Waals surface area contributed by atoms with Crippen LogP contribution in [0.1, 0.15) is 11.3 Å². The van der Waals surface area contributed by atoms with E-state index >= 15 is 0 Å². The van der Waals surface area contributed by atoms with Gasteiger partial charge in [0, 0.05) is 18.2 Å². The van der Waals surface area contributed by atoms with Crippen molar-refractivity contribution >= 4 is 11.0 Å². The third-order valence-corrected chi connectivity index (χ3v) is 4.05. The minimum Gasteiger partial charge on any atom is -0.343 e. The van der Waals surface area contributed by atoms with E-state index in [1.807, 2.05) is 30.3 Å². The lowest BCUT2D eigenvalue weighted by Crippen LogP contribution is -2.18. The number of nitrogens with one attached hydrogen (secondary N) is 2. The Hall–Kier alpha value is -3.41. The van der Waals surface area contributed by atoms with Crippen LogP contribution < -0.4 is 11.0 Å². The van der Waals surface area contributed by atoms with Crippen molar-refractivity contribution in [2.45, 2.75) is 6.42 Å². The maximum absolute atomic E-state index is 13.1. The van der Waals surface area contributed by atoms with E-state index in [1.54, 1.807) is 0 Å². The van der Waals surface area contributed by atoms with Crippen molar-refractivity contribution in [3.63, 3.8) is 0 Å². The molecule has 25 heavy (non-hydrogen) atoms. The second kappa shape index (κ2) is 5.90. The average Bonchev–Trinajstić information content (AvgIpc) is 2.93. The first kappa shape index (κ1) is 15.1. The van der Waals surface area contributed by atoms with E-state index in [-0.39, 0.29) is 10.8 Å². The van der Waals surface area contributed by atoms with Gasteiger partial charge in [0.2, 0.25) is 0 Å². The lowest BCUT2D eigenvalue weighted by Gasteiger charge is -2.02. The summed E-state index contributed by atoms with van der Waals surface area (Å²) in [6, 6.07) is 16.6. The van der Waals surface area contributed by atoms with Gasteiger partial charge in [-0.15, -0.1) is 0 Å². The maximum Gasteiger partial charge on any atom is 0.284 e. The highest BCUT2D eigenvalue weighted by Crippen LogP contribution is 2.11. The first-order valence-electron chi connectivity index (χ1n) is 7.78. The fourth-order valence-corrected chi connectivity index (χ4v) is 2.87. The molecule has 0 spiro atoms. The van der Waals surface area contributed by atoms with Crippen LogP contribution in [0.3, 0.4) is 0 Å². The number of aromatic nitrogens is 3. The lowest BCUT2D eigenvalue weighted by atomic mass is 10.1. The Balaban J connectivity index is 1.83. The van der Waals surface area contributed by atoms with Gasteiger partial charge in [0.05, 0.1) is 5.69 Å². The highest BCUT2D eigenvalue weighted by molar-refractivity contribution is 5.74. The molecular formula is C19H14FN3O2. The van der Waals surface area contributed by atoms with Crippen LogP contribution in [0.4, 0.5) is 4.39 Å². The van der Waals surface area contributed by atoms with Crippen LogP contribution in [0.2, 0.25) is 0 Å². The minimum atomic E-state index is -0.464. The van der Waals surface area contributed by atoms with Crippen molar-refractivity contribution in [2.24, 2.45) is 0 Å². The third-order valence-electron chi connectivity index (χ3n) is 4.05. The van der Waals surface area contributed by atoms with Crippen molar-refractivity contribution in [2.75, 3.05) is 0 Å². The van der Waals surface area contributed by atoms with Crippen LogP contribution in [-0.2, 0) is 6.42 Å². The summed E-state index contributed by atoms with van der Waals surface area (Å²) in [4.78, 5) is 28.0. The molecule has 6 heteroatoms. The summed E-state index contributed by atoms with van der Waals surface area (Å²) < 4.78 is 14.3. The van der Waals surface area contributed by atoms with E-state index in [2.05, 4.69) is 10.1 Å². The molecule has 0 atom stereocenters. The topological polar surface area (TPSA) is 70.7 Å². The van der Waals surface area contributed by atoms with Crippen molar-refractivity contribution in [3.05, 3.63) is 98.3 Å². The Labute approximate surface area is 141 Å². The number of benzene rings is 2. The summed E-state index contributed by atoms with van der Waals surface area (Å²) in [6.45, 7) is 0. The van der Waals surface area contributed by atoms with Gasteiger partial charge in [0.15, 0.2) is 5.43 Å². The fraction of sp³-hybridized carbons (Fsp3) is 0.0526. The molecule has 0 aliphatic heterocycles. The SMILES string of the molecule is O=c1cc(Cc2ccccc2)[nH]c2[nH]n(-c3ccc(F)cc3)c(=O)c12. The summed E-state index contributed by atoms with van der Waals surface area (Å²) in [5.41, 5.74) is 1.76. The number of fused-ring (bicyclic) bond motifs is 1. The number of H-pyrrole nitrogens is 2. The van der Waals surface area contributed by atoms with E-state index in [0.717, 1.165) is 5.56 Å². The molecule has 4 rings (SSSR count). The molecule has 0 unspecified atom stereocenters. The van der Waals surface area contributed by atoms with Gasteiger partial charge in [-0.2, -0.15) is 0 Å². The van der Waals surface area contributed by atoms with Crippen molar-refractivity contribution in [1.82, 2.24) is 14.8 Å². The lowest BCUT2D eigenvalue weighted by molar-refractivity contribution is 0.627. The molecule has 2 heterocycles. The van der Waals surface area contributed by atoms with Crippen molar-refractivity contribution in [1.29, 1.82) is 0 Å². The molecule has 0 saturated heterocycles. The zero-order chi connectivity index (χ0) is 17.4. The summed E-state index contributed by atoms with van der Waals surface area (Å²) >= 11 is 0. The maximum atomic E-state index is 13.1. The van der Waals surface area contributed by atoms with E-state index in [4.69, 9.17) is 0 Å². The molecule has 5 nitrogen and oxygen atoms in total. The quantitative estimate of drug-likeness (QED) is 0.604. The number of halogens is 1. The number of pyridine rings is 1. The molecule has 0 aliphatic rings. The monoisotopic (exact) mass is 335 g/mol. The van der Waals surface area contributed by atoms with Crippen LogP contribution in [0.5, 0.6) is 0 Å². The Kier molecular flexibility index (Phi) is 3.57. The molecule has 2 aromatic carbocycles. The smallest absolute Gasteiger partial charge is 0.284 e. The van der Waals surface area contributed by atoms with Gasteiger partial charge in [0.1, 0.15) is 16.9 Å². The molecule has 124 valence electrons. The van der Waals surface area contributed by atoms with Gasteiger partial charge in [0.25, 0.3) is 5.56 Å². The van der Waals surface area contributed by atoms with Crippen LogP contribution in [-0.4, -0.2) is 14.8 Å². The average molecular weight is 335 g/mol. The summed E-state index contributed by atoms with van der Waals surface area (Å²) in [5, 5.41) is 2.95. The zero-order valence-electron chi connectivity index (χ0n) is 13.1. The van der Waals surface area contributed by atoms with Crippen molar-refractivity contribution < 1.29 is 4.39 Å².